The van der Waals surface area contributed by atoms with E-state index in [9.17, 15) is 0 Å². The Balaban J connectivity index is 2.08. The summed E-state index contributed by atoms with van der Waals surface area (Å²) in [7, 11) is 0. The molecule has 0 bridgehead atoms. The molecule has 0 saturated carbocycles. The first-order valence-corrected chi connectivity index (χ1v) is 6.47. The molecule has 4 nitrogen and oxygen atoms in total. The number of pyridine rings is 1. The van der Waals surface area contributed by atoms with E-state index in [0.717, 1.165) is 37.6 Å². The average molecular weight is 244 g/mol. The van der Waals surface area contributed by atoms with Crippen molar-refractivity contribution in [3.8, 4) is 6.07 Å². The van der Waals surface area contributed by atoms with Gasteiger partial charge in [-0.3, -0.25) is 4.90 Å². The van der Waals surface area contributed by atoms with E-state index in [-0.39, 0.29) is 0 Å². The van der Waals surface area contributed by atoms with E-state index < -0.39 is 0 Å². The number of aromatic nitrogens is 1. The Kier molecular flexibility index (Phi) is 3.83. The second-order valence-electron chi connectivity index (χ2n) is 5.09. The summed E-state index contributed by atoms with van der Waals surface area (Å²) in [5.74, 6) is 1.03. The summed E-state index contributed by atoms with van der Waals surface area (Å²) >= 11 is 0. The van der Waals surface area contributed by atoms with Crippen molar-refractivity contribution in [1.29, 1.82) is 5.26 Å². The lowest BCUT2D eigenvalue weighted by Gasteiger charge is -2.38. The Morgan fingerprint density at radius 2 is 1.94 bits per heavy atom. The molecule has 0 unspecified atom stereocenters. The quantitative estimate of drug-likeness (QED) is 0.795. The van der Waals surface area contributed by atoms with Crippen molar-refractivity contribution in [2.75, 3.05) is 31.1 Å². The molecule has 1 saturated heterocycles. The van der Waals surface area contributed by atoms with E-state index in [1.807, 2.05) is 13.0 Å². The first kappa shape index (κ1) is 12.8. The molecule has 18 heavy (non-hydrogen) atoms. The summed E-state index contributed by atoms with van der Waals surface area (Å²) in [6.45, 7) is 10.7. The Bertz CT molecular complexity index is 453. The third-order valence-corrected chi connectivity index (χ3v) is 3.52. The summed E-state index contributed by atoms with van der Waals surface area (Å²) in [4.78, 5) is 9.22. The highest BCUT2D eigenvalue weighted by molar-refractivity contribution is 5.49. The van der Waals surface area contributed by atoms with Crippen LogP contribution in [0.25, 0.3) is 0 Å². The monoisotopic (exact) mass is 244 g/mol. The van der Waals surface area contributed by atoms with Gasteiger partial charge >= 0.3 is 0 Å². The van der Waals surface area contributed by atoms with Crippen molar-refractivity contribution in [3.63, 3.8) is 0 Å². The molecule has 0 aliphatic carbocycles. The van der Waals surface area contributed by atoms with Crippen molar-refractivity contribution in [3.05, 3.63) is 23.4 Å². The van der Waals surface area contributed by atoms with Crippen LogP contribution in [-0.4, -0.2) is 42.1 Å². The SMILES string of the molecule is Cc1cc(C#N)cnc1N1CCN(C(C)C)CC1. The largest absolute Gasteiger partial charge is 0.354 e. The number of hydrogen-bond acceptors (Lipinski definition) is 4. The number of nitriles is 1. The highest BCUT2D eigenvalue weighted by Gasteiger charge is 2.20. The fraction of sp³-hybridized carbons (Fsp3) is 0.571. The van der Waals surface area contributed by atoms with Crippen molar-refractivity contribution in [2.45, 2.75) is 26.8 Å². The van der Waals surface area contributed by atoms with Gasteiger partial charge in [-0.2, -0.15) is 5.26 Å². The Hall–Kier alpha value is -1.60. The predicted octanol–water partition coefficient (Wildman–Crippen LogP) is 1.79. The highest BCUT2D eigenvalue weighted by atomic mass is 15.3. The van der Waals surface area contributed by atoms with Crippen molar-refractivity contribution in [2.24, 2.45) is 0 Å². The maximum absolute atomic E-state index is 8.85. The Labute approximate surface area is 109 Å². The standard InChI is InChI=1S/C14H20N4/c1-11(2)17-4-6-18(7-5-17)14-12(3)8-13(9-15)10-16-14/h8,10-11H,4-7H2,1-3H3. The molecule has 0 amide bonds. The van der Waals surface area contributed by atoms with E-state index >= 15 is 0 Å². The minimum Gasteiger partial charge on any atom is -0.354 e. The summed E-state index contributed by atoms with van der Waals surface area (Å²) in [5, 5.41) is 8.85. The molecule has 0 atom stereocenters. The van der Waals surface area contributed by atoms with Crippen LogP contribution in [0.3, 0.4) is 0 Å². The minimum absolute atomic E-state index is 0.613. The van der Waals surface area contributed by atoms with Gasteiger partial charge in [-0.15, -0.1) is 0 Å². The van der Waals surface area contributed by atoms with Gasteiger partial charge in [0.05, 0.1) is 5.56 Å². The number of piperazine rings is 1. The zero-order chi connectivity index (χ0) is 13.1. The lowest BCUT2D eigenvalue weighted by atomic mass is 10.2. The van der Waals surface area contributed by atoms with E-state index in [2.05, 4.69) is 34.7 Å². The molecule has 0 spiro atoms. The van der Waals surface area contributed by atoms with Crippen molar-refractivity contribution in [1.82, 2.24) is 9.88 Å². The first-order chi connectivity index (χ1) is 8.61. The van der Waals surface area contributed by atoms with Crippen LogP contribution in [0.15, 0.2) is 12.3 Å². The van der Waals surface area contributed by atoms with E-state index in [4.69, 9.17) is 5.26 Å². The van der Waals surface area contributed by atoms with Crippen LogP contribution < -0.4 is 4.90 Å². The molecule has 4 heteroatoms. The molecular weight excluding hydrogens is 224 g/mol. The fourth-order valence-electron chi connectivity index (χ4n) is 2.41. The van der Waals surface area contributed by atoms with Gasteiger partial charge in [-0.1, -0.05) is 0 Å². The number of rotatable bonds is 2. The Morgan fingerprint density at radius 3 is 2.44 bits per heavy atom. The second-order valence-corrected chi connectivity index (χ2v) is 5.09. The molecule has 1 aromatic rings. The van der Waals surface area contributed by atoms with Gasteiger partial charge in [0.1, 0.15) is 11.9 Å². The molecule has 1 aliphatic rings. The molecule has 0 aromatic carbocycles. The van der Waals surface area contributed by atoms with Crippen LogP contribution in [0, 0.1) is 18.3 Å². The predicted molar refractivity (Wildman–Crippen MR) is 72.6 cm³/mol. The number of nitrogens with zero attached hydrogens (tertiary/aromatic N) is 4. The van der Waals surface area contributed by atoms with Gasteiger partial charge in [0, 0.05) is 38.4 Å². The topological polar surface area (TPSA) is 43.2 Å². The van der Waals surface area contributed by atoms with E-state index in [1.165, 1.54) is 0 Å². The normalized spacial score (nSPS) is 16.9. The molecule has 2 rings (SSSR count). The van der Waals surface area contributed by atoms with Crippen LogP contribution in [0.1, 0.15) is 25.0 Å². The van der Waals surface area contributed by atoms with Gasteiger partial charge in [0.2, 0.25) is 0 Å². The molecule has 96 valence electrons. The van der Waals surface area contributed by atoms with Gasteiger partial charge in [-0.25, -0.2) is 4.98 Å². The van der Waals surface area contributed by atoms with E-state index in [0.29, 0.717) is 11.6 Å². The molecule has 2 heterocycles. The van der Waals surface area contributed by atoms with Crippen LogP contribution in [0.5, 0.6) is 0 Å². The number of hydrogen-bond donors (Lipinski definition) is 0. The first-order valence-electron chi connectivity index (χ1n) is 6.47. The van der Waals surface area contributed by atoms with Gasteiger partial charge in [0.25, 0.3) is 0 Å². The highest BCUT2D eigenvalue weighted by Crippen LogP contribution is 2.19. The summed E-state index contributed by atoms with van der Waals surface area (Å²) < 4.78 is 0. The van der Waals surface area contributed by atoms with E-state index in [1.54, 1.807) is 6.20 Å². The number of anilines is 1. The zero-order valence-corrected chi connectivity index (χ0v) is 11.3. The summed E-state index contributed by atoms with van der Waals surface area (Å²) in [5.41, 5.74) is 1.73. The summed E-state index contributed by atoms with van der Waals surface area (Å²) in [6, 6.07) is 4.66. The second kappa shape index (κ2) is 5.36. The third kappa shape index (κ3) is 2.62. The lowest BCUT2D eigenvalue weighted by molar-refractivity contribution is 0.209. The van der Waals surface area contributed by atoms with Gasteiger partial charge in [0.15, 0.2) is 0 Å². The minimum atomic E-state index is 0.613. The average Bonchev–Trinajstić information content (AvgIpc) is 2.38. The van der Waals surface area contributed by atoms with Gasteiger partial charge < -0.3 is 4.90 Å². The lowest BCUT2D eigenvalue weighted by Crippen LogP contribution is -2.49. The third-order valence-electron chi connectivity index (χ3n) is 3.52. The molecule has 1 fully saturated rings. The maximum atomic E-state index is 8.85. The Morgan fingerprint density at radius 1 is 1.28 bits per heavy atom. The molecule has 1 aromatic heterocycles. The smallest absolute Gasteiger partial charge is 0.131 e. The van der Waals surface area contributed by atoms with Crippen LogP contribution in [-0.2, 0) is 0 Å². The molecule has 0 N–H and O–H groups in total. The van der Waals surface area contributed by atoms with Crippen LogP contribution in [0.4, 0.5) is 5.82 Å². The molecule has 1 aliphatic heterocycles. The van der Waals surface area contributed by atoms with Crippen molar-refractivity contribution >= 4 is 5.82 Å². The summed E-state index contributed by atoms with van der Waals surface area (Å²) in [6.07, 6.45) is 1.66. The molecular formula is C14H20N4. The number of aryl methyl sites for hydroxylation is 1. The van der Waals surface area contributed by atoms with Crippen molar-refractivity contribution < 1.29 is 0 Å². The maximum Gasteiger partial charge on any atom is 0.131 e. The van der Waals surface area contributed by atoms with Crippen LogP contribution in [0.2, 0.25) is 0 Å². The fourth-order valence-corrected chi connectivity index (χ4v) is 2.41. The van der Waals surface area contributed by atoms with Crippen LogP contribution >= 0.6 is 0 Å². The van der Waals surface area contributed by atoms with Gasteiger partial charge in [-0.05, 0) is 32.4 Å². The zero-order valence-electron chi connectivity index (χ0n) is 11.3. The molecule has 0 radical (unpaired) electrons.